The predicted octanol–water partition coefficient (Wildman–Crippen LogP) is 6.04. The Morgan fingerprint density at radius 1 is 1.07 bits per heavy atom. The van der Waals surface area contributed by atoms with Crippen LogP contribution in [0.15, 0.2) is 48.6 Å². The van der Waals surface area contributed by atoms with Gasteiger partial charge in [-0.15, -0.1) is 0 Å². The topological polar surface area (TPSA) is 84.9 Å². The van der Waals surface area contributed by atoms with E-state index in [1.165, 1.54) is 11.1 Å². The molecule has 1 amide bonds. The zero-order valence-electron chi connectivity index (χ0n) is 24.8. The van der Waals surface area contributed by atoms with Gasteiger partial charge in [-0.2, -0.15) is 0 Å². The van der Waals surface area contributed by atoms with Gasteiger partial charge in [-0.1, -0.05) is 36.2 Å². The summed E-state index contributed by atoms with van der Waals surface area (Å²) in [6.07, 6.45) is 12.5. The van der Waals surface area contributed by atoms with Crippen molar-refractivity contribution in [1.29, 1.82) is 0 Å². The van der Waals surface area contributed by atoms with Crippen LogP contribution < -0.4 is 14.4 Å². The number of carbonyl (C=O) groups is 1. The average molecular weight is 625 g/mol. The third kappa shape index (κ3) is 5.48. The van der Waals surface area contributed by atoms with Crippen LogP contribution in [0.25, 0.3) is 0 Å². The van der Waals surface area contributed by atoms with Crippen LogP contribution in [-0.4, -0.2) is 52.5 Å². The number of anilines is 1. The normalized spacial score (nSPS) is 34.0. The molecule has 6 atom stereocenters. The number of aryl methyl sites for hydroxylation is 1. The van der Waals surface area contributed by atoms with Crippen molar-refractivity contribution in [1.82, 2.24) is 4.72 Å². The van der Waals surface area contributed by atoms with Crippen LogP contribution in [0.2, 0.25) is 5.02 Å². The fourth-order valence-electron chi connectivity index (χ4n) is 8.36. The second-order valence-corrected chi connectivity index (χ2v) is 15.8. The Labute approximate surface area is 260 Å². The number of allylic oxidation sites excluding steroid dienone is 1. The summed E-state index contributed by atoms with van der Waals surface area (Å²) in [6, 6.07) is 11.6. The number of nitrogens with one attached hydrogen (secondary N) is 1. The number of halogens is 1. The molecule has 3 aliphatic carbocycles. The zero-order valence-corrected chi connectivity index (χ0v) is 26.3. The molecule has 7 nitrogen and oxygen atoms in total. The summed E-state index contributed by atoms with van der Waals surface area (Å²) in [6.45, 7) is 2.10. The van der Waals surface area contributed by atoms with Crippen molar-refractivity contribution in [2.24, 2.45) is 17.8 Å². The number of nitrogens with zero attached hydrogens (tertiary/aromatic N) is 1. The largest absolute Gasteiger partial charge is 0.490 e. The Hall–Kier alpha value is -2.55. The summed E-state index contributed by atoms with van der Waals surface area (Å²) in [5.41, 5.74) is 3.54. The Morgan fingerprint density at radius 3 is 2.77 bits per heavy atom. The maximum atomic E-state index is 13.5. The number of hydrogen-bond acceptors (Lipinski definition) is 6. The molecule has 0 unspecified atom stereocenters. The van der Waals surface area contributed by atoms with Gasteiger partial charge in [-0.3, -0.25) is 4.79 Å². The molecule has 1 N–H and O–H groups in total. The molecule has 0 saturated heterocycles. The molecule has 2 fully saturated rings. The van der Waals surface area contributed by atoms with E-state index >= 15 is 0 Å². The van der Waals surface area contributed by atoms with Crippen molar-refractivity contribution >= 4 is 33.2 Å². The van der Waals surface area contributed by atoms with E-state index in [0.717, 1.165) is 74.5 Å². The van der Waals surface area contributed by atoms with Gasteiger partial charge in [-0.05, 0) is 111 Å². The summed E-state index contributed by atoms with van der Waals surface area (Å²) < 4.78 is 41.9. The Morgan fingerprint density at radius 2 is 1.95 bits per heavy atom. The van der Waals surface area contributed by atoms with Crippen molar-refractivity contribution < 1.29 is 22.7 Å². The van der Waals surface area contributed by atoms with Crippen molar-refractivity contribution in [3.05, 3.63) is 70.3 Å². The second-order valence-electron chi connectivity index (χ2n) is 13.4. The van der Waals surface area contributed by atoms with Crippen LogP contribution in [0.3, 0.4) is 0 Å². The lowest BCUT2D eigenvalue weighted by molar-refractivity contribution is 0.0129. The molecule has 9 heteroatoms. The van der Waals surface area contributed by atoms with E-state index in [1.807, 2.05) is 18.2 Å². The number of methoxy groups -OCH3 is 1. The first-order valence-electron chi connectivity index (χ1n) is 15.8. The van der Waals surface area contributed by atoms with Gasteiger partial charge in [0, 0.05) is 36.2 Å². The lowest BCUT2D eigenvalue weighted by atomic mass is 9.68. The molecular formula is C34H41ClN2O5S. The van der Waals surface area contributed by atoms with Gasteiger partial charge >= 0.3 is 0 Å². The van der Waals surface area contributed by atoms with Crippen LogP contribution in [-0.2, 0) is 26.6 Å². The van der Waals surface area contributed by atoms with Crippen LogP contribution in [0.1, 0.15) is 72.9 Å². The van der Waals surface area contributed by atoms with E-state index in [9.17, 15) is 13.2 Å². The molecule has 4 bridgehead atoms. The summed E-state index contributed by atoms with van der Waals surface area (Å²) in [5, 5.41) is 0.162. The minimum absolute atomic E-state index is 0.0103. The molecule has 1 spiro atoms. The van der Waals surface area contributed by atoms with E-state index in [0.29, 0.717) is 36.8 Å². The first-order valence-corrected chi connectivity index (χ1v) is 17.7. The number of ether oxygens (including phenoxy) is 2. The average Bonchev–Trinajstić information content (AvgIpc) is 3.13. The third-order valence-electron chi connectivity index (χ3n) is 10.8. The quantitative estimate of drug-likeness (QED) is 0.389. The molecular weight excluding hydrogens is 584 g/mol. The first-order chi connectivity index (χ1) is 20.7. The van der Waals surface area contributed by atoms with Gasteiger partial charge in [0.25, 0.3) is 5.91 Å². The number of amides is 1. The van der Waals surface area contributed by atoms with Gasteiger partial charge < -0.3 is 14.4 Å². The number of carbonyl (C=O) groups excluding carboxylic acids is 1. The van der Waals surface area contributed by atoms with Gasteiger partial charge in [0.2, 0.25) is 10.0 Å². The first kappa shape index (κ1) is 29.2. The molecule has 2 aromatic carbocycles. The molecule has 230 valence electrons. The minimum atomic E-state index is -3.83. The highest BCUT2D eigenvalue weighted by Gasteiger charge is 2.44. The summed E-state index contributed by atoms with van der Waals surface area (Å²) in [4.78, 5) is 15.9. The minimum Gasteiger partial charge on any atom is -0.490 e. The Balaban J connectivity index is 1.30. The Kier molecular flexibility index (Phi) is 7.75. The SMILES string of the molecule is CO[C@H]1/C=C/[C@H]2CCC[C@@H](C2)S(=O)(=O)NC(=O)c2ccc3c(c2)N(C[C@@H]2CC[C@H]21)C[C@@]1(CCCc2cc(Cl)ccc21)CO3. The number of rotatable bonds is 1. The maximum Gasteiger partial charge on any atom is 0.264 e. The summed E-state index contributed by atoms with van der Waals surface area (Å²) >= 11 is 6.42. The summed E-state index contributed by atoms with van der Waals surface area (Å²) in [5.74, 6) is 1.11. The van der Waals surface area contributed by atoms with E-state index in [1.54, 1.807) is 13.2 Å². The molecule has 2 heterocycles. The lowest BCUT2D eigenvalue weighted by Crippen LogP contribution is -2.49. The molecule has 2 aromatic rings. The highest BCUT2D eigenvalue weighted by Crippen LogP contribution is 2.47. The molecule has 7 rings (SSSR count). The predicted molar refractivity (Wildman–Crippen MR) is 169 cm³/mol. The molecule has 0 radical (unpaired) electrons. The smallest absolute Gasteiger partial charge is 0.264 e. The van der Waals surface area contributed by atoms with E-state index in [2.05, 4.69) is 33.9 Å². The molecule has 5 aliphatic rings. The van der Waals surface area contributed by atoms with E-state index in [4.69, 9.17) is 21.1 Å². The molecule has 2 saturated carbocycles. The van der Waals surface area contributed by atoms with Crippen LogP contribution in [0.5, 0.6) is 5.75 Å². The zero-order chi connectivity index (χ0) is 29.8. The van der Waals surface area contributed by atoms with Crippen molar-refractivity contribution in [2.45, 2.75) is 74.6 Å². The third-order valence-corrected chi connectivity index (χ3v) is 12.8. The summed E-state index contributed by atoms with van der Waals surface area (Å²) in [7, 11) is -2.04. The maximum absolute atomic E-state index is 13.5. The van der Waals surface area contributed by atoms with E-state index < -0.39 is 21.2 Å². The van der Waals surface area contributed by atoms with Crippen molar-refractivity contribution in [3.63, 3.8) is 0 Å². The molecule has 2 aliphatic heterocycles. The van der Waals surface area contributed by atoms with Gasteiger partial charge in [-0.25, -0.2) is 13.1 Å². The van der Waals surface area contributed by atoms with Crippen LogP contribution in [0.4, 0.5) is 5.69 Å². The van der Waals surface area contributed by atoms with Crippen LogP contribution >= 0.6 is 11.6 Å². The van der Waals surface area contributed by atoms with Gasteiger partial charge in [0.05, 0.1) is 23.6 Å². The van der Waals surface area contributed by atoms with Crippen molar-refractivity contribution in [3.8, 4) is 5.75 Å². The van der Waals surface area contributed by atoms with Crippen molar-refractivity contribution in [2.75, 3.05) is 31.7 Å². The van der Waals surface area contributed by atoms with E-state index in [-0.39, 0.29) is 17.4 Å². The molecule has 0 aromatic heterocycles. The second kappa shape index (κ2) is 11.4. The Bertz CT molecular complexity index is 1540. The van der Waals surface area contributed by atoms with Gasteiger partial charge in [0.1, 0.15) is 5.75 Å². The number of fused-ring (bicyclic) bond motifs is 6. The number of benzene rings is 2. The molecule has 43 heavy (non-hydrogen) atoms. The fourth-order valence-corrected chi connectivity index (χ4v) is 10.1. The van der Waals surface area contributed by atoms with Crippen LogP contribution in [0, 0.1) is 17.8 Å². The highest BCUT2D eigenvalue weighted by molar-refractivity contribution is 7.90. The fraction of sp³-hybridized carbons (Fsp3) is 0.559. The standard InChI is InChI=1S/C34H41ClN2O5S/c1-41-31-13-7-22-4-2-6-27(16-22)43(39,40)36-33(38)24-9-14-32-30(18-24)37(19-25-8-11-28(25)31)20-34(21-42-32)15-3-5-23-17-26(35)10-12-29(23)34/h7,9-10,12-14,17-18,22,25,27-28,31H,2-6,8,11,15-16,19-21H2,1H3,(H,36,38)/b13-7+/t22-,25+,27+,28-,31+,34+/m1/s1. The lowest BCUT2D eigenvalue weighted by Gasteiger charge is -2.46. The van der Waals surface area contributed by atoms with Gasteiger partial charge in [0.15, 0.2) is 0 Å². The monoisotopic (exact) mass is 624 g/mol. The highest BCUT2D eigenvalue weighted by atomic mass is 35.5. The number of hydrogen-bond donors (Lipinski definition) is 1. The number of sulfonamides is 1.